The van der Waals surface area contributed by atoms with Gasteiger partial charge in [-0.3, -0.25) is 0 Å². The van der Waals surface area contributed by atoms with E-state index in [-0.39, 0.29) is 6.10 Å². The molecule has 20 heavy (non-hydrogen) atoms. The molecule has 0 spiro atoms. The first-order valence-corrected chi connectivity index (χ1v) is 7.56. The molecule has 1 unspecified atom stereocenters. The summed E-state index contributed by atoms with van der Waals surface area (Å²) in [6.07, 6.45) is 2.83. The van der Waals surface area contributed by atoms with Gasteiger partial charge < -0.3 is 20.5 Å². The number of rotatable bonds is 5. The van der Waals surface area contributed by atoms with E-state index in [0.29, 0.717) is 12.5 Å². The first kappa shape index (κ1) is 15.0. The molecule has 0 aromatic heterocycles. The van der Waals surface area contributed by atoms with Crippen molar-refractivity contribution in [2.75, 3.05) is 30.3 Å². The molecule has 0 radical (unpaired) electrons. The number of aliphatic hydroxyl groups is 1. The monoisotopic (exact) mass is 278 g/mol. The van der Waals surface area contributed by atoms with Crippen molar-refractivity contribution in [2.45, 2.75) is 39.2 Å². The van der Waals surface area contributed by atoms with Crippen LogP contribution in [0.1, 0.15) is 33.1 Å². The maximum Gasteiger partial charge on any atom is 0.123 e. The van der Waals surface area contributed by atoms with Crippen molar-refractivity contribution in [1.82, 2.24) is 0 Å². The quantitative estimate of drug-likeness (QED) is 0.813. The van der Waals surface area contributed by atoms with Gasteiger partial charge in [0.25, 0.3) is 0 Å². The predicted octanol–water partition coefficient (Wildman–Crippen LogP) is 2.65. The van der Waals surface area contributed by atoms with Gasteiger partial charge in [0.2, 0.25) is 0 Å². The van der Waals surface area contributed by atoms with Crippen LogP contribution in [0.15, 0.2) is 18.2 Å². The van der Waals surface area contributed by atoms with Crippen LogP contribution in [0.4, 0.5) is 11.4 Å². The highest BCUT2D eigenvalue weighted by molar-refractivity contribution is 5.60. The molecule has 0 aliphatic carbocycles. The molecule has 0 amide bonds. The molecule has 0 bridgehead atoms. The number of aliphatic hydroxyl groups excluding tert-OH is 1. The number of ether oxygens (including phenoxy) is 1. The second kappa shape index (κ2) is 6.84. The summed E-state index contributed by atoms with van der Waals surface area (Å²) in [6, 6.07) is 5.94. The van der Waals surface area contributed by atoms with Gasteiger partial charge in [-0.15, -0.1) is 0 Å². The van der Waals surface area contributed by atoms with Crippen LogP contribution < -0.4 is 15.4 Å². The van der Waals surface area contributed by atoms with Crippen LogP contribution in [-0.2, 0) is 0 Å². The Morgan fingerprint density at radius 2 is 2.05 bits per heavy atom. The Labute approximate surface area is 121 Å². The van der Waals surface area contributed by atoms with Gasteiger partial charge in [-0.05, 0) is 38.2 Å². The van der Waals surface area contributed by atoms with E-state index in [4.69, 9.17) is 10.5 Å². The first-order valence-electron chi connectivity index (χ1n) is 7.56. The lowest BCUT2D eigenvalue weighted by atomic mass is 9.92. The summed E-state index contributed by atoms with van der Waals surface area (Å²) in [6.45, 7) is 6.62. The Kier molecular flexibility index (Phi) is 5.12. The molecule has 2 rings (SSSR count). The van der Waals surface area contributed by atoms with E-state index in [1.165, 1.54) is 0 Å². The normalized spacial score (nSPS) is 18.1. The number of nitrogens with zero attached hydrogens (tertiary/aromatic N) is 1. The van der Waals surface area contributed by atoms with Gasteiger partial charge in [-0.1, -0.05) is 6.92 Å². The summed E-state index contributed by atoms with van der Waals surface area (Å²) in [5.41, 5.74) is 7.83. The fourth-order valence-corrected chi connectivity index (χ4v) is 2.73. The molecule has 4 heteroatoms. The van der Waals surface area contributed by atoms with Gasteiger partial charge >= 0.3 is 0 Å². The molecule has 1 aliphatic rings. The smallest absolute Gasteiger partial charge is 0.123 e. The van der Waals surface area contributed by atoms with E-state index in [1.54, 1.807) is 0 Å². The van der Waals surface area contributed by atoms with E-state index in [9.17, 15) is 5.11 Å². The van der Waals surface area contributed by atoms with E-state index in [1.807, 2.05) is 19.1 Å². The van der Waals surface area contributed by atoms with E-state index >= 15 is 0 Å². The third-order valence-corrected chi connectivity index (χ3v) is 3.97. The Morgan fingerprint density at radius 3 is 2.65 bits per heavy atom. The number of nitrogens with two attached hydrogens (primary N) is 1. The summed E-state index contributed by atoms with van der Waals surface area (Å²) in [5.74, 6) is 1.27. The second-order valence-electron chi connectivity index (χ2n) is 5.67. The summed E-state index contributed by atoms with van der Waals surface area (Å²) in [5, 5.41) is 9.66. The number of anilines is 2. The van der Waals surface area contributed by atoms with Crippen molar-refractivity contribution in [3.05, 3.63) is 18.2 Å². The minimum Gasteiger partial charge on any atom is -0.493 e. The lowest BCUT2D eigenvalue weighted by molar-refractivity contribution is 0.110. The fraction of sp³-hybridized carbons (Fsp3) is 0.625. The predicted molar refractivity (Wildman–Crippen MR) is 83.3 cm³/mol. The van der Waals surface area contributed by atoms with Gasteiger partial charge in [0.1, 0.15) is 5.75 Å². The molecular weight excluding hydrogens is 252 g/mol. The molecular formula is C16H26N2O2. The molecule has 1 fully saturated rings. The van der Waals surface area contributed by atoms with Crippen LogP contribution in [0.3, 0.4) is 0 Å². The Balaban J connectivity index is 2.03. The van der Waals surface area contributed by atoms with Crippen molar-refractivity contribution in [1.29, 1.82) is 0 Å². The zero-order chi connectivity index (χ0) is 14.5. The third-order valence-electron chi connectivity index (χ3n) is 3.97. The van der Waals surface area contributed by atoms with Crippen LogP contribution in [0.25, 0.3) is 0 Å². The topological polar surface area (TPSA) is 58.7 Å². The lowest BCUT2D eigenvalue weighted by Gasteiger charge is -2.35. The lowest BCUT2D eigenvalue weighted by Crippen LogP contribution is -2.37. The minimum absolute atomic E-state index is 0.207. The van der Waals surface area contributed by atoms with E-state index in [2.05, 4.69) is 17.9 Å². The van der Waals surface area contributed by atoms with Gasteiger partial charge in [0.15, 0.2) is 0 Å². The maximum atomic E-state index is 9.66. The molecule has 1 aromatic rings. The van der Waals surface area contributed by atoms with Crippen LogP contribution >= 0.6 is 0 Å². The highest BCUT2D eigenvalue weighted by Gasteiger charge is 2.23. The average molecular weight is 278 g/mol. The van der Waals surface area contributed by atoms with Crippen molar-refractivity contribution in [2.24, 2.45) is 5.92 Å². The highest BCUT2D eigenvalue weighted by Crippen LogP contribution is 2.30. The molecule has 3 N–H and O–H groups in total. The van der Waals surface area contributed by atoms with Crippen LogP contribution in [0, 0.1) is 5.92 Å². The van der Waals surface area contributed by atoms with Crippen molar-refractivity contribution in [3.8, 4) is 5.75 Å². The standard InChI is InChI=1S/C16H26N2O2/c1-3-8-20-16-10-14(17)9-15(11-16)18-6-4-13(5-7-18)12(2)19/h9-13,19H,3-8,17H2,1-2H3. The molecule has 1 heterocycles. The molecule has 1 atom stereocenters. The van der Waals surface area contributed by atoms with Crippen molar-refractivity contribution >= 4 is 11.4 Å². The third kappa shape index (κ3) is 3.79. The summed E-state index contributed by atoms with van der Waals surface area (Å²) < 4.78 is 5.68. The molecule has 4 nitrogen and oxygen atoms in total. The largest absolute Gasteiger partial charge is 0.493 e. The second-order valence-corrected chi connectivity index (χ2v) is 5.67. The summed E-state index contributed by atoms with van der Waals surface area (Å²) in [4.78, 5) is 2.33. The molecule has 1 aliphatic heterocycles. The zero-order valence-electron chi connectivity index (χ0n) is 12.5. The zero-order valence-corrected chi connectivity index (χ0v) is 12.5. The Morgan fingerprint density at radius 1 is 1.35 bits per heavy atom. The number of piperidine rings is 1. The number of benzene rings is 1. The first-order chi connectivity index (χ1) is 9.60. The fourth-order valence-electron chi connectivity index (χ4n) is 2.73. The molecule has 1 aromatic carbocycles. The molecule has 0 saturated carbocycles. The Hall–Kier alpha value is -1.42. The average Bonchev–Trinajstić information content (AvgIpc) is 2.44. The van der Waals surface area contributed by atoms with Crippen LogP contribution in [0.5, 0.6) is 5.75 Å². The number of hydrogen-bond donors (Lipinski definition) is 2. The molecule has 1 saturated heterocycles. The van der Waals surface area contributed by atoms with Gasteiger partial charge in [0.05, 0.1) is 12.7 Å². The molecule has 112 valence electrons. The SMILES string of the molecule is CCCOc1cc(N)cc(N2CCC(C(C)O)CC2)c1. The number of hydrogen-bond acceptors (Lipinski definition) is 4. The minimum atomic E-state index is -0.207. The van der Waals surface area contributed by atoms with Gasteiger partial charge in [0, 0.05) is 36.6 Å². The maximum absolute atomic E-state index is 9.66. The van der Waals surface area contributed by atoms with Gasteiger partial charge in [-0.2, -0.15) is 0 Å². The summed E-state index contributed by atoms with van der Waals surface area (Å²) in [7, 11) is 0. The van der Waals surface area contributed by atoms with E-state index < -0.39 is 0 Å². The van der Waals surface area contributed by atoms with Crippen LogP contribution in [0.2, 0.25) is 0 Å². The number of nitrogen functional groups attached to an aromatic ring is 1. The van der Waals surface area contributed by atoms with Gasteiger partial charge in [-0.25, -0.2) is 0 Å². The van der Waals surface area contributed by atoms with Crippen molar-refractivity contribution in [3.63, 3.8) is 0 Å². The summed E-state index contributed by atoms with van der Waals surface area (Å²) >= 11 is 0. The Bertz CT molecular complexity index is 426. The highest BCUT2D eigenvalue weighted by atomic mass is 16.5. The van der Waals surface area contributed by atoms with Crippen LogP contribution in [-0.4, -0.2) is 30.9 Å². The van der Waals surface area contributed by atoms with Crippen molar-refractivity contribution < 1.29 is 9.84 Å². The van der Waals surface area contributed by atoms with E-state index in [0.717, 1.165) is 49.5 Å².